The number of rotatable bonds is 8. The Morgan fingerprint density at radius 3 is 2.10 bits per heavy atom. The number of methoxy groups -OCH3 is 2. The molecule has 0 atom stereocenters. The van der Waals surface area contributed by atoms with Crippen LogP contribution in [0.2, 0.25) is 0 Å². The van der Waals surface area contributed by atoms with Crippen LogP contribution < -0.4 is 14.8 Å². The number of nitrogens with zero attached hydrogens (tertiary/aromatic N) is 1. The average molecular weight is 296 g/mol. The number of phenols is 1. The molecule has 0 radical (unpaired) electrons. The predicted molar refractivity (Wildman–Crippen MR) is 85.3 cm³/mol. The van der Waals surface area contributed by atoms with Gasteiger partial charge in [0.25, 0.3) is 0 Å². The molecule has 0 aromatic heterocycles. The van der Waals surface area contributed by atoms with Crippen molar-refractivity contribution in [1.29, 1.82) is 0 Å². The molecule has 0 spiro atoms. The number of hydrogen-bond acceptors (Lipinski definition) is 5. The number of phenolic OH excluding ortho intramolecular Hbond substituents is 1. The van der Waals surface area contributed by atoms with Gasteiger partial charge in [-0.1, -0.05) is 13.8 Å². The van der Waals surface area contributed by atoms with Crippen molar-refractivity contribution in [1.82, 2.24) is 10.2 Å². The molecule has 0 bridgehead atoms. The van der Waals surface area contributed by atoms with E-state index in [9.17, 15) is 5.11 Å². The standard InChI is InChI=1S/C16H28N2O3/c1-16(2,11-18(3)4)10-17-9-12-7-13(20-5)15(19)14(8-12)21-6/h7-8,17,19H,9-11H2,1-6H3. The first-order valence-electron chi connectivity index (χ1n) is 7.08. The lowest BCUT2D eigenvalue weighted by molar-refractivity contribution is 0.232. The molecule has 0 heterocycles. The van der Waals surface area contributed by atoms with Gasteiger partial charge in [-0.3, -0.25) is 0 Å². The maximum absolute atomic E-state index is 9.89. The van der Waals surface area contributed by atoms with E-state index >= 15 is 0 Å². The molecule has 0 amide bonds. The average Bonchev–Trinajstić information content (AvgIpc) is 2.38. The van der Waals surface area contributed by atoms with Gasteiger partial charge in [0.1, 0.15) is 0 Å². The Morgan fingerprint density at radius 1 is 1.14 bits per heavy atom. The third-order valence-corrected chi connectivity index (χ3v) is 3.22. The van der Waals surface area contributed by atoms with Crippen LogP contribution in [-0.4, -0.2) is 51.4 Å². The van der Waals surface area contributed by atoms with Gasteiger partial charge in [0.2, 0.25) is 5.75 Å². The van der Waals surface area contributed by atoms with Gasteiger partial charge >= 0.3 is 0 Å². The summed E-state index contributed by atoms with van der Waals surface area (Å²) in [4.78, 5) is 2.19. The summed E-state index contributed by atoms with van der Waals surface area (Å²) in [6.45, 7) is 7.08. The fraction of sp³-hybridized carbons (Fsp3) is 0.625. The SMILES string of the molecule is COc1cc(CNCC(C)(C)CN(C)C)cc(OC)c1O. The summed E-state index contributed by atoms with van der Waals surface area (Å²) in [5.74, 6) is 0.897. The highest BCUT2D eigenvalue weighted by atomic mass is 16.5. The topological polar surface area (TPSA) is 54.0 Å². The summed E-state index contributed by atoms with van der Waals surface area (Å²) in [7, 11) is 7.23. The van der Waals surface area contributed by atoms with Crippen LogP contribution in [0.4, 0.5) is 0 Å². The lowest BCUT2D eigenvalue weighted by atomic mass is 9.93. The van der Waals surface area contributed by atoms with Crippen LogP contribution in [0.1, 0.15) is 19.4 Å². The molecule has 2 N–H and O–H groups in total. The first kappa shape index (κ1) is 17.6. The molecule has 1 aromatic rings. The van der Waals surface area contributed by atoms with E-state index in [4.69, 9.17) is 9.47 Å². The quantitative estimate of drug-likeness (QED) is 0.769. The molecule has 0 aliphatic rings. The number of ether oxygens (including phenoxy) is 2. The second kappa shape index (κ2) is 7.52. The second-order valence-electron chi connectivity index (χ2n) is 6.35. The fourth-order valence-corrected chi connectivity index (χ4v) is 2.51. The molecule has 0 aliphatic carbocycles. The van der Waals surface area contributed by atoms with Gasteiger partial charge in [-0.05, 0) is 37.2 Å². The Labute approximate surface area is 127 Å². The van der Waals surface area contributed by atoms with Crippen LogP contribution in [0.25, 0.3) is 0 Å². The number of nitrogens with one attached hydrogen (secondary N) is 1. The molecule has 0 fully saturated rings. The molecule has 0 saturated heterocycles. The normalized spacial score (nSPS) is 11.8. The third kappa shape index (κ3) is 5.44. The van der Waals surface area contributed by atoms with E-state index in [0.29, 0.717) is 18.0 Å². The predicted octanol–water partition coefficient (Wildman–Crippen LogP) is 2.09. The first-order chi connectivity index (χ1) is 9.79. The number of aromatic hydroxyl groups is 1. The van der Waals surface area contributed by atoms with Crippen molar-refractivity contribution in [3.8, 4) is 17.2 Å². The first-order valence-corrected chi connectivity index (χ1v) is 7.08. The highest BCUT2D eigenvalue weighted by molar-refractivity contribution is 5.52. The van der Waals surface area contributed by atoms with Crippen LogP contribution in [0.5, 0.6) is 17.2 Å². The molecule has 0 saturated carbocycles. The Morgan fingerprint density at radius 2 is 1.67 bits per heavy atom. The lowest BCUT2D eigenvalue weighted by Gasteiger charge is -2.28. The minimum absolute atomic E-state index is 0.0386. The van der Waals surface area contributed by atoms with Crippen molar-refractivity contribution in [2.75, 3.05) is 41.4 Å². The summed E-state index contributed by atoms with van der Waals surface area (Å²) >= 11 is 0. The van der Waals surface area contributed by atoms with Crippen LogP contribution in [0, 0.1) is 5.41 Å². The second-order valence-corrected chi connectivity index (χ2v) is 6.35. The van der Waals surface area contributed by atoms with E-state index < -0.39 is 0 Å². The molecule has 0 unspecified atom stereocenters. The van der Waals surface area contributed by atoms with Crippen molar-refractivity contribution in [2.24, 2.45) is 5.41 Å². The lowest BCUT2D eigenvalue weighted by Crippen LogP contribution is -2.37. The summed E-state index contributed by atoms with van der Waals surface area (Å²) in [6, 6.07) is 3.65. The van der Waals surface area contributed by atoms with Crippen LogP contribution in [0.3, 0.4) is 0 Å². The summed E-state index contributed by atoms with van der Waals surface area (Å²) in [6.07, 6.45) is 0. The molecule has 0 aliphatic heterocycles. The highest BCUT2D eigenvalue weighted by Crippen LogP contribution is 2.37. The van der Waals surface area contributed by atoms with Gasteiger partial charge in [-0.2, -0.15) is 0 Å². The zero-order valence-corrected chi connectivity index (χ0v) is 14.0. The van der Waals surface area contributed by atoms with Crippen LogP contribution >= 0.6 is 0 Å². The minimum Gasteiger partial charge on any atom is -0.502 e. The zero-order valence-electron chi connectivity index (χ0n) is 14.0. The van der Waals surface area contributed by atoms with Gasteiger partial charge in [0.15, 0.2) is 11.5 Å². The van der Waals surface area contributed by atoms with Crippen LogP contribution in [0.15, 0.2) is 12.1 Å². The van der Waals surface area contributed by atoms with Gasteiger partial charge in [-0.15, -0.1) is 0 Å². The van der Waals surface area contributed by atoms with Gasteiger partial charge in [0.05, 0.1) is 14.2 Å². The van der Waals surface area contributed by atoms with E-state index in [1.54, 1.807) is 0 Å². The van der Waals surface area contributed by atoms with Crippen molar-refractivity contribution in [3.63, 3.8) is 0 Å². The van der Waals surface area contributed by atoms with E-state index in [0.717, 1.165) is 18.7 Å². The minimum atomic E-state index is 0.0386. The van der Waals surface area contributed by atoms with E-state index in [1.165, 1.54) is 14.2 Å². The molecular weight excluding hydrogens is 268 g/mol. The maximum atomic E-state index is 9.89. The Bertz CT molecular complexity index is 434. The molecule has 1 aromatic carbocycles. The monoisotopic (exact) mass is 296 g/mol. The summed E-state index contributed by atoms with van der Waals surface area (Å²) in [5.41, 5.74) is 1.20. The van der Waals surface area contributed by atoms with Crippen molar-refractivity contribution in [3.05, 3.63) is 17.7 Å². The molecule has 5 nitrogen and oxygen atoms in total. The van der Waals surface area contributed by atoms with E-state index in [1.807, 2.05) is 12.1 Å². The largest absolute Gasteiger partial charge is 0.502 e. The van der Waals surface area contributed by atoms with Crippen molar-refractivity contribution in [2.45, 2.75) is 20.4 Å². The Balaban J connectivity index is 2.67. The van der Waals surface area contributed by atoms with Crippen LogP contribution in [-0.2, 0) is 6.54 Å². The maximum Gasteiger partial charge on any atom is 0.200 e. The van der Waals surface area contributed by atoms with E-state index in [2.05, 4.69) is 38.2 Å². The van der Waals surface area contributed by atoms with Gasteiger partial charge in [0, 0.05) is 19.6 Å². The summed E-state index contributed by atoms with van der Waals surface area (Å²) < 4.78 is 10.3. The smallest absolute Gasteiger partial charge is 0.200 e. The third-order valence-electron chi connectivity index (χ3n) is 3.22. The molecule has 21 heavy (non-hydrogen) atoms. The van der Waals surface area contributed by atoms with Crippen molar-refractivity contribution >= 4 is 0 Å². The molecule has 1 rings (SSSR count). The highest BCUT2D eigenvalue weighted by Gasteiger charge is 2.18. The van der Waals surface area contributed by atoms with Crippen molar-refractivity contribution < 1.29 is 14.6 Å². The number of benzene rings is 1. The van der Waals surface area contributed by atoms with E-state index in [-0.39, 0.29) is 11.2 Å². The molecule has 120 valence electrons. The molecular formula is C16H28N2O3. The Hall–Kier alpha value is -1.46. The molecule has 5 heteroatoms. The zero-order chi connectivity index (χ0) is 16.0. The van der Waals surface area contributed by atoms with Gasteiger partial charge < -0.3 is 24.8 Å². The number of hydrogen-bond donors (Lipinski definition) is 2. The van der Waals surface area contributed by atoms with Gasteiger partial charge in [-0.25, -0.2) is 0 Å². The fourth-order valence-electron chi connectivity index (χ4n) is 2.51. The summed E-state index contributed by atoms with van der Waals surface area (Å²) in [5, 5.41) is 13.3. The Kier molecular flexibility index (Phi) is 6.30.